The second kappa shape index (κ2) is 5.74. The van der Waals surface area contributed by atoms with E-state index in [1.54, 1.807) is 24.5 Å². The molecule has 80 valence electrons. The average Bonchev–Trinajstić information content (AvgIpc) is 2.80. The third-order valence-electron chi connectivity index (χ3n) is 1.90. The molecule has 1 N–H and O–H groups in total. The highest BCUT2D eigenvalue weighted by Gasteiger charge is 1.89. The number of aldehydes is 1. The van der Waals surface area contributed by atoms with Gasteiger partial charge in [-0.15, -0.1) is 12.4 Å². The number of rotatable bonds is 1. The number of aromatic amines is 1. The standard InChI is InChI=1S/C12H8N2O.ClH/c15-9-11-4-1-10(2-5-11)3-6-12-7-13-14-8-12;/h1-2,4-5,7-9H,(H,13,14);1H. The highest BCUT2D eigenvalue weighted by molar-refractivity contribution is 5.85. The molecule has 2 aromatic rings. The molecule has 1 aromatic carbocycles. The van der Waals surface area contributed by atoms with E-state index < -0.39 is 0 Å². The van der Waals surface area contributed by atoms with Gasteiger partial charge in [-0.25, -0.2) is 0 Å². The molecular weight excluding hydrogens is 224 g/mol. The zero-order valence-corrected chi connectivity index (χ0v) is 9.12. The highest BCUT2D eigenvalue weighted by Crippen LogP contribution is 2.01. The monoisotopic (exact) mass is 232 g/mol. The molecule has 0 amide bonds. The Morgan fingerprint density at radius 2 is 1.81 bits per heavy atom. The summed E-state index contributed by atoms with van der Waals surface area (Å²) >= 11 is 0. The summed E-state index contributed by atoms with van der Waals surface area (Å²) in [6.45, 7) is 0. The van der Waals surface area contributed by atoms with Gasteiger partial charge in [0, 0.05) is 17.3 Å². The van der Waals surface area contributed by atoms with Crippen LogP contribution in [0, 0.1) is 11.8 Å². The van der Waals surface area contributed by atoms with Gasteiger partial charge in [-0.3, -0.25) is 9.89 Å². The van der Waals surface area contributed by atoms with Gasteiger partial charge in [-0.05, 0) is 12.1 Å². The van der Waals surface area contributed by atoms with Gasteiger partial charge in [0.15, 0.2) is 0 Å². The van der Waals surface area contributed by atoms with Crippen LogP contribution >= 0.6 is 12.4 Å². The molecule has 0 spiro atoms. The summed E-state index contributed by atoms with van der Waals surface area (Å²) in [5.74, 6) is 5.92. The maximum atomic E-state index is 10.4. The van der Waals surface area contributed by atoms with Gasteiger partial charge < -0.3 is 0 Å². The number of hydrogen-bond donors (Lipinski definition) is 1. The summed E-state index contributed by atoms with van der Waals surface area (Å²) in [6.07, 6.45) is 4.20. The van der Waals surface area contributed by atoms with Crippen molar-refractivity contribution in [2.45, 2.75) is 0 Å². The summed E-state index contributed by atoms with van der Waals surface area (Å²) < 4.78 is 0. The zero-order chi connectivity index (χ0) is 10.5. The molecule has 16 heavy (non-hydrogen) atoms. The van der Waals surface area contributed by atoms with Crippen LogP contribution in [0.25, 0.3) is 0 Å². The minimum absolute atomic E-state index is 0. The SMILES string of the molecule is Cl.O=Cc1ccc(C#Cc2cn[nH]c2)cc1. The molecule has 0 unspecified atom stereocenters. The van der Waals surface area contributed by atoms with Gasteiger partial charge in [0.25, 0.3) is 0 Å². The normalized spacial score (nSPS) is 8.50. The van der Waals surface area contributed by atoms with Crippen LogP contribution in [0.5, 0.6) is 0 Å². The quantitative estimate of drug-likeness (QED) is 0.604. The van der Waals surface area contributed by atoms with Crippen molar-refractivity contribution in [3.63, 3.8) is 0 Å². The van der Waals surface area contributed by atoms with Crippen LogP contribution in [0.1, 0.15) is 21.5 Å². The Kier molecular flexibility index (Phi) is 4.31. The molecular formula is C12H9ClN2O. The third kappa shape index (κ3) is 2.97. The van der Waals surface area contributed by atoms with Gasteiger partial charge in [-0.1, -0.05) is 24.0 Å². The molecule has 1 aromatic heterocycles. The topological polar surface area (TPSA) is 45.8 Å². The lowest BCUT2D eigenvalue weighted by atomic mass is 10.1. The van der Waals surface area contributed by atoms with Crippen LogP contribution < -0.4 is 0 Å². The molecule has 4 heteroatoms. The number of carbonyl (C=O) groups excluding carboxylic acids is 1. The van der Waals surface area contributed by atoms with E-state index >= 15 is 0 Å². The first kappa shape index (κ1) is 12.0. The minimum Gasteiger partial charge on any atom is -0.298 e. The first-order chi connectivity index (χ1) is 7.38. The fraction of sp³-hybridized carbons (Fsp3) is 0. The number of hydrogen-bond acceptors (Lipinski definition) is 2. The minimum atomic E-state index is 0. The summed E-state index contributed by atoms with van der Waals surface area (Å²) in [6, 6.07) is 7.12. The van der Waals surface area contributed by atoms with E-state index in [0.29, 0.717) is 5.56 Å². The summed E-state index contributed by atoms with van der Waals surface area (Å²) in [5.41, 5.74) is 2.38. The van der Waals surface area contributed by atoms with E-state index in [4.69, 9.17) is 0 Å². The van der Waals surface area contributed by atoms with Gasteiger partial charge in [-0.2, -0.15) is 5.10 Å². The molecule has 0 aliphatic carbocycles. The average molecular weight is 233 g/mol. The Labute approximate surface area is 99.3 Å². The molecule has 3 nitrogen and oxygen atoms in total. The van der Waals surface area contributed by atoms with Gasteiger partial charge in [0.05, 0.1) is 11.8 Å². The molecule has 0 aliphatic rings. The van der Waals surface area contributed by atoms with Crippen molar-refractivity contribution in [1.29, 1.82) is 0 Å². The van der Waals surface area contributed by atoms with Gasteiger partial charge in [0.2, 0.25) is 0 Å². The van der Waals surface area contributed by atoms with Crippen LogP contribution in [0.3, 0.4) is 0 Å². The number of halogens is 1. The van der Waals surface area contributed by atoms with Crippen LogP contribution in [0.4, 0.5) is 0 Å². The molecule has 0 saturated heterocycles. The van der Waals surface area contributed by atoms with Gasteiger partial charge in [0.1, 0.15) is 6.29 Å². The summed E-state index contributed by atoms with van der Waals surface area (Å²) in [5, 5.41) is 6.47. The van der Waals surface area contributed by atoms with E-state index in [9.17, 15) is 4.79 Å². The number of H-pyrrole nitrogens is 1. The van der Waals surface area contributed by atoms with E-state index in [2.05, 4.69) is 22.0 Å². The number of nitrogens with zero attached hydrogens (tertiary/aromatic N) is 1. The molecule has 0 bridgehead atoms. The number of benzene rings is 1. The van der Waals surface area contributed by atoms with Crippen LogP contribution in [0.2, 0.25) is 0 Å². The lowest BCUT2D eigenvalue weighted by Gasteiger charge is -1.90. The summed E-state index contributed by atoms with van der Waals surface area (Å²) in [7, 11) is 0. The van der Waals surface area contributed by atoms with Crippen molar-refractivity contribution in [2.75, 3.05) is 0 Å². The predicted molar refractivity (Wildman–Crippen MR) is 63.6 cm³/mol. The Hall–Kier alpha value is -2.05. The predicted octanol–water partition coefficient (Wildman–Crippen LogP) is 2.04. The number of nitrogens with one attached hydrogen (secondary N) is 1. The molecule has 0 aliphatic heterocycles. The molecule has 0 radical (unpaired) electrons. The maximum absolute atomic E-state index is 10.4. The molecule has 0 fully saturated rings. The molecule has 1 heterocycles. The van der Waals surface area contributed by atoms with E-state index in [1.807, 2.05) is 12.1 Å². The van der Waals surface area contributed by atoms with Crippen molar-refractivity contribution in [3.8, 4) is 11.8 Å². The third-order valence-corrected chi connectivity index (χ3v) is 1.90. The highest BCUT2D eigenvalue weighted by atomic mass is 35.5. The van der Waals surface area contributed by atoms with Crippen LogP contribution in [-0.2, 0) is 0 Å². The Bertz CT molecular complexity index is 506. The first-order valence-electron chi connectivity index (χ1n) is 4.44. The Balaban J connectivity index is 0.00000128. The van der Waals surface area contributed by atoms with E-state index in [1.165, 1.54) is 0 Å². The van der Waals surface area contributed by atoms with Gasteiger partial charge >= 0.3 is 0 Å². The second-order valence-electron chi connectivity index (χ2n) is 2.98. The zero-order valence-electron chi connectivity index (χ0n) is 8.31. The molecule has 2 rings (SSSR count). The first-order valence-corrected chi connectivity index (χ1v) is 4.44. The molecule has 0 atom stereocenters. The Morgan fingerprint density at radius 3 is 2.38 bits per heavy atom. The Morgan fingerprint density at radius 1 is 1.12 bits per heavy atom. The number of carbonyl (C=O) groups is 1. The number of aromatic nitrogens is 2. The van der Waals surface area contributed by atoms with Crippen LogP contribution in [0.15, 0.2) is 36.7 Å². The maximum Gasteiger partial charge on any atom is 0.150 e. The second-order valence-corrected chi connectivity index (χ2v) is 2.98. The van der Waals surface area contributed by atoms with E-state index in [-0.39, 0.29) is 12.4 Å². The van der Waals surface area contributed by atoms with E-state index in [0.717, 1.165) is 17.4 Å². The van der Waals surface area contributed by atoms with Crippen molar-refractivity contribution >= 4 is 18.7 Å². The van der Waals surface area contributed by atoms with Crippen molar-refractivity contribution in [3.05, 3.63) is 53.3 Å². The summed E-state index contributed by atoms with van der Waals surface area (Å²) in [4.78, 5) is 10.4. The van der Waals surface area contributed by atoms with Crippen molar-refractivity contribution < 1.29 is 4.79 Å². The lowest BCUT2D eigenvalue weighted by Crippen LogP contribution is -1.79. The van der Waals surface area contributed by atoms with Crippen LogP contribution in [-0.4, -0.2) is 16.5 Å². The fourth-order valence-corrected chi connectivity index (χ4v) is 1.11. The fourth-order valence-electron chi connectivity index (χ4n) is 1.11. The molecule has 0 saturated carbocycles. The van der Waals surface area contributed by atoms with Crippen molar-refractivity contribution in [1.82, 2.24) is 10.2 Å². The smallest absolute Gasteiger partial charge is 0.150 e. The van der Waals surface area contributed by atoms with Crippen molar-refractivity contribution in [2.24, 2.45) is 0 Å². The largest absolute Gasteiger partial charge is 0.298 e. The lowest BCUT2D eigenvalue weighted by molar-refractivity contribution is 0.112.